The molecule has 2 aromatic rings. The number of hydrogen-bond donors (Lipinski definition) is 0. The van der Waals surface area contributed by atoms with Gasteiger partial charge in [0.05, 0.1) is 27.9 Å². The van der Waals surface area contributed by atoms with E-state index in [1.165, 1.54) is 20.3 Å². The van der Waals surface area contributed by atoms with E-state index in [9.17, 15) is 14.4 Å². The van der Waals surface area contributed by atoms with E-state index < -0.39 is 5.97 Å². The Kier molecular flexibility index (Phi) is 12.3. The van der Waals surface area contributed by atoms with Crippen molar-refractivity contribution in [3.8, 4) is 23.0 Å². The molecule has 36 heavy (non-hydrogen) atoms. The molecule has 2 aromatic carbocycles. The summed E-state index contributed by atoms with van der Waals surface area (Å²) in [4.78, 5) is 37.2. The second kappa shape index (κ2) is 15.4. The van der Waals surface area contributed by atoms with Gasteiger partial charge in [0.1, 0.15) is 28.6 Å². The quantitative estimate of drug-likeness (QED) is 0.132. The number of carbonyl (C=O) groups excluding carboxylic acids is 3. The van der Waals surface area contributed by atoms with Gasteiger partial charge >= 0.3 is 11.9 Å². The van der Waals surface area contributed by atoms with Crippen LogP contribution in [0, 0.1) is 0 Å². The van der Waals surface area contributed by atoms with Crippen LogP contribution in [0.5, 0.6) is 23.0 Å². The molecule has 196 valence electrons. The largest absolute Gasteiger partial charge is 0.497 e. The number of methoxy groups -OCH3 is 3. The second-order valence-electron chi connectivity index (χ2n) is 8.20. The van der Waals surface area contributed by atoms with Crippen LogP contribution in [0.15, 0.2) is 36.4 Å². The summed E-state index contributed by atoms with van der Waals surface area (Å²) < 4.78 is 26.4. The lowest BCUT2D eigenvalue weighted by Crippen LogP contribution is -2.14. The highest BCUT2D eigenvalue weighted by molar-refractivity contribution is 6.03. The Labute approximate surface area is 212 Å². The van der Waals surface area contributed by atoms with Gasteiger partial charge in [0.25, 0.3) is 0 Å². The molecule has 0 saturated carbocycles. The predicted molar refractivity (Wildman–Crippen MR) is 135 cm³/mol. The van der Waals surface area contributed by atoms with Crippen molar-refractivity contribution in [2.75, 3.05) is 27.9 Å². The van der Waals surface area contributed by atoms with Crippen molar-refractivity contribution in [2.45, 2.75) is 58.3 Å². The first-order valence-electron chi connectivity index (χ1n) is 12.2. The van der Waals surface area contributed by atoms with Gasteiger partial charge in [-0.15, -0.1) is 0 Å². The van der Waals surface area contributed by atoms with E-state index in [1.807, 2.05) is 12.1 Å². The molecule has 0 atom stereocenters. The van der Waals surface area contributed by atoms with E-state index >= 15 is 0 Å². The van der Waals surface area contributed by atoms with Crippen molar-refractivity contribution in [3.05, 3.63) is 47.5 Å². The number of esters is 2. The second-order valence-corrected chi connectivity index (χ2v) is 8.20. The molecule has 0 aliphatic rings. The van der Waals surface area contributed by atoms with Gasteiger partial charge in [-0.2, -0.15) is 0 Å². The molecule has 0 radical (unpaired) electrons. The topological polar surface area (TPSA) is 97.4 Å². The fraction of sp³-hybridized carbons (Fsp3) is 0.464. The van der Waals surface area contributed by atoms with E-state index in [0.717, 1.165) is 31.2 Å². The minimum absolute atomic E-state index is 0.100. The molecule has 0 spiro atoms. The van der Waals surface area contributed by atoms with Gasteiger partial charge in [-0.1, -0.05) is 31.4 Å². The predicted octanol–water partition coefficient (Wildman–Crippen LogP) is 5.34. The first-order valence-corrected chi connectivity index (χ1v) is 12.2. The molecule has 8 nitrogen and oxygen atoms in total. The van der Waals surface area contributed by atoms with Crippen molar-refractivity contribution < 1.29 is 38.1 Å². The maximum absolute atomic E-state index is 13.2. The summed E-state index contributed by atoms with van der Waals surface area (Å²) in [7, 11) is 4.52. The van der Waals surface area contributed by atoms with Gasteiger partial charge in [0.2, 0.25) is 0 Å². The Balaban J connectivity index is 1.99. The summed E-state index contributed by atoms with van der Waals surface area (Å²) in [6, 6.07) is 10.3. The summed E-state index contributed by atoms with van der Waals surface area (Å²) >= 11 is 0. The normalized spacial score (nSPS) is 10.4. The van der Waals surface area contributed by atoms with Gasteiger partial charge in [-0.05, 0) is 37.5 Å². The third-order valence-corrected chi connectivity index (χ3v) is 5.59. The molecule has 0 amide bonds. The van der Waals surface area contributed by atoms with Gasteiger partial charge in [-0.3, -0.25) is 14.4 Å². The molecule has 2 rings (SSSR count). The van der Waals surface area contributed by atoms with E-state index in [1.54, 1.807) is 32.2 Å². The Morgan fingerprint density at radius 3 is 1.86 bits per heavy atom. The first kappa shape index (κ1) is 28.7. The van der Waals surface area contributed by atoms with Crippen LogP contribution in [0.4, 0.5) is 0 Å². The van der Waals surface area contributed by atoms with Crippen LogP contribution >= 0.6 is 0 Å². The zero-order chi connectivity index (χ0) is 26.3. The minimum atomic E-state index is -0.435. The van der Waals surface area contributed by atoms with Crippen molar-refractivity contribution in [3.63, 3.8) is 0 Å². The van der Waals surface area contributed by atoms with Crippen LogP contribution in [-0.4, -0.2) is 45.7 Å². The Morgan fingerprint density at radius 1 is 0.694 bits per heavy atom. The van der Waals surface area contributed by atoms with Gasteiger partial charge in [0, 0.05) is 31.4 Å². The highest BCUT2D eigenvalue weighted by Gasteiger charge is 2.23. The highest BCUT2D eigenvalue weighted by atomic mass is 16.5. The molecule has 0 aliphatic heterocycles. The number of benzene rings is 2. The van der Waals surface area contributed by atoms with E-state index in [2.05, 4.69) is 0 Å². The maximum Gasteiger partial charge on any atom is 0.311 e. The molecule has 0 fully saturated rings. The first-order chi connectivity index (χ1) is 17.4. The summed E-state index contributed by atoms with van der Waals surface area (Å²) in [5.41, 5.74) is 0.986. The van der Waals surface area contributed by atoms with E-state index in [-0.39, 0.29) is 41.7 Å². The van der Waals surface area contributed by atoms with E-state index in [0.29, 0.717) is 30.9 Å². The number of ketones is 1. The van der Waals surface area contributed by atoms with Crippen molar-refractivity contribution in [2.24, 2.45) is 0 Å². The van der Waals surface area contributed by atoms with Crippen LogP contribution in [0.3, 0.4) is 0 Å². The van der Waals surface area contributed by atoms with Crippen LogP contribution in [0.2, 0.25) is 0 Å². The Hall–Kier alpha value is -3.55. The SMILES string of the molecule is CCOC(=O)CCCCCCCC(=O)Oc1cc(OC)cc(OC)c1C(=O)Cc1ccc(OC)cc1. The molecule has 0 bridgehead atoms. The zero-order valence-electron chi connectivity index (χ0n) is 21.6. The number of hydrogen-bond acceptors (Lipinski definition) is 8. The third kappa shape index (κ3) is 9.24. The molecule has 0 unspecified atom stereocenters. The van der Waals surface area contributed by atoms with Crippen molar-refractivity contribution in [1.82, 2.24) is 0 Å². The molecule has 0 heterocycles. The summed E-state index contributed by atoms with van der Waals surface area (Å²) in [5.74, 6) is 0.645. The lowest BCUT2D eigenvalue weighted by Gasteiger charge is -2.15. The number of Topliss-reactive ketones (excluding diaryl/α,β-unsaturated/α-hetero) is 1. The fourth-order valence-electron chi connectivity index (χ4n) is 3.69. The lowest BCUT2D eigenvalue weighted by molar-refractivity contribution is -0.143. The number of unbranched alkanes of at least 4 members (excludes halogenated alkanes) is 4. The summed E-state index contributed by atoms with van der Waals surface area (Å²) in [6.07, 6.45) is 4.79. The molecule has 0 aromatic heterocycles. The van der Waals surface area contributed by atoms with Crippen LogP contribution < -0.4 is 18.9 Å². The molecule has 0 N–H and O–H groups in total. The van der Waals surface area contributed by atoms with Crippen molar-refractivity contribution in [1.29, 1.82) is 0 Å². The third-order valence-electron chi connectivity index (χ3n) is 5.59. The molecular formula is C28H36O8. The average Bonchev–Trinajstić information content (AvgIpc) is 2.88. The molecule has 8 heteroatoms. The van der Waals surface area contributed by atoms with Crippen molar-refractivity contribution >= 4 is 17.7 Å². The maximum atomic E-state index is 13.2. The number of rotatable bonds is 16. The number of ether oxygens (including phenoxy) is 5. The fourth-order valence-corrected chi connectivity index (χ4v) is 3.69. The summed E-state index contributed by atoms with van der Waals surface area (Å²) in [6.45, 7) is 2.19. The zero-order valence-corrected chi connectivity index (χ0v) is 21.6. The molecular weight excluding hydrogens is 464 g/mol. The van der Waals surface area contributed by atoms with Crippen LogP contribution in [0.25, 0.3) is 0 Å². The monoisotopic (exact) mass is 500 g/mol. The molecule has 0 aliphatic carbocycles. The van der Waals surface area contributed by atoms with Gasteiger partial charge < -0.3 is 23.7 Å². The van der Waals surface area contributed by atoms with Crippen LogP contribution in [0.1, 0.15) is 67.8 Å². The standard InChI is InChI=1S/C28H36O8/c1-5-35-26(30)11-9-7-6-8-10-12-27(31)36-25-19-22(33-3)18-24(34-4)28(25)23(29)17-20-13-15-21(32-2)16-14-20/h13-16,18-19H,5-12,17H2,1-4H3. The smallest absolute Gasteiger partial charge is 0.311 e. The van der Waals surface area contributed by atoms with Gasteiger partial charge in [0.15, 0.2) is 5.78 Å². The minimum Gasteiger partial charge on any atom is -0.497 e. The Bertz CT molecular complexity index is 997. The van der Waals surface area contributed by atoms with E-state index in [4.69, 9.17) is 23.7 Å². The average molecular weight is 501 g/mol. The lowest BCUT2D eigenvalue weighted by atomic mass is 10.0. The number of carbonyl (C=O) groups is 3. The highest BCUT2D eigenvalue weighted by Crippen LogP contribution is 2.35. The van der Waals surface area contributed by atoms with Gasteiger partial charge in [-0.25, -0.2) is 0 Å². The van der Waals surface area contributed by atoms with Crippen LogP contribution in [-0.2, 0) is 20.7 Å². The summed E-state index contributed by atoms with van der Waals surface area (Å²) in [5, 5.41) is 0. The Morgan fingerprint density at radius 2 is 1.28 bits per heavy atom. The molecule has 0 saturated heterocycles.